The number of hydrogen-bond donors (Lipinski definition) is 2. The molecular formula is C16H20O6. The van der Waals surface area contributed by atoms with Crippen molar-refractivity contribution in [2.24, 2.45) is 0 Å². The number of fused-ring (bicyclic) bond motifs is 1. The van der Waals surface area contributed by atoms with Gasteiger partial charge in [-0.2, -0.15) is 0 Å². The Balaban J connectivity index is 2.47. The van der Waals surface area contributed by atoms with Gasteiger partial charge in [-0.15, -0.1) is 0 Å². The molecule has 1 aliphatic heterocycles. The van der Waals surface area contributed by atoms with E-state index in [2.05, 4.69) is 0 Å². The average Bonchev–Trinajstić information content (AvgIpc) is 2.48. The third-order valence-corrected chi connectivity index (χ3v) is 4.15. The maximum absolute atomic E-state index is 11.1. The second-order valence-corrected chi connectivity index (χ2v) is 5.59. The van der Waals surface area contributed by atoms with Crippen LogP contribution in [-0.2, 0) is 16.0 Å². The highest BCUT2D eigenvalue weighted by Gasteiger charge is 2.31. The lowest BCUT2D eigenvalue weighted by atomic mass is 9.91. The smallest absolute Gasteiger partial charge is 0.344 e. The molecule has 0 spiro atoms. The molecule has 2 atom stereocenters. The molecule has 2 N–H and O–H groups in total. The van der Waals surface area contributed by atoms with Crippen molar-refractivity contribution in [1.29, 1.82) is 0 Å². The van der Waals surface area contributed by atoms with Gasteiger partial charge in [0, 0.05) is 5.56 Å². The van der Waals surface area contributed by atoms with Crippen LogP contribution in [-0.4, -0.2) is 34.4 Å². The van der Waals surface area contributed by atoms with E-state index in [0.29, 0.717) is 24.3 Å². The maximum Gasteiger partial charge on any atom is 0.344 e. The number of carboxylic acids is 2. The molecule has 1 aromatic carbocycles. The predicted octanol–water partition coefficient (Wildman–Crippen LogP) is 2.24. The van der Waals surface area contributed by atoms with Crippen LogP contribution < -0.4 is 9.47 Å². The third-order valence-electron chi connectivity index (χ3n) is 4.15. The molecule has 0 fully saturated rings. The Morgan fingerprint density at radius 1 is 1.18 bits per heavy atom. The molecule has 0 amide bonds. The van der Waals surface area contributed by atoms with Crippen LogP contribution >= 0.6 is 0 Å². The van der Waals surface area contributed by atoms with Crippen molar-refractivity contribution < 1.29 is 29.3 Å². The topological polar surface area (TPSA) is 93.1 Å². The molecule has 0 aliphatic carbocycles. The number of hydrogen-bond acceptors (Lipinski definition) is 4. The number of benzene rings is 1. The van der Waals surface area contributed by atoms with E-state index < -0.39 is 24.1 Å². The van der Waals surface area contributed by atoms with E-state index in [9.17, 15) is 9.59 Å². The SMILES string of the molecule is Cc1c(C)c2c(c(C)c1OC(C)C(=O)O)CC[C@H](C(=O)O)O2. The summed E-state index contributed by atoms with van der Waals surface area (Å²) in [7, 11) is 0. The quantitative estimate of drug-likeness (QED) is 0.886. The Hall–Kier alpha value is -2.24. The second kappa shape index (κ2) is 5.87. The minimum Gasteiger partial charge on any atom is -0.479 e. The standard InChI is InChI=1S/C16H20O6/c1-7-8(2)14-11(5-6-12(22-14)16(19)20)9(3)13(7)21-10(4)15(17)18/h10,12H,5-6H2,1-4H3,(H,17,18)(H,19,20)/t10?,12-/m1/s1. The first kappa shape index (κ1) is 16.1. The Morgan fingerprint density at radius 2 is 1.82 bits per heavy atom. The van der Waals surface area contributed by atoms with E-state index in [1.165, 1.54) is 6.92 Å². The van der Waals surface area contributed by atoms with Gasteiger partial charge in [0.1, 0.15) is 11.5 Å². The van der Waals surface area contributed by atoms with Crippen LogP contribution in [0.3, 0.4) is 0 Å². The average molecular weight is 308 g/mol. The van der Waals surface area contributed by atoms with Gasteiger partial charge < -0.3 is 19.7 Å². The van der Waals surface area contributed by atoms with E-state index >= 15 is 0 Å². The molecule has 1 aliphatic rings. The van der Waals surface area contributed by atoms with Crippen LogP contribution in [0.5, 0.6) is 11.5 Å². The summed E-state index contributed by atoms with van der Waals surface area (Å²) in [6, 6.07) is 0. The van der Waals surface area contributed by atoms with Crippen LogP contribution in [0.1, 0.15) is 35.6 Å². The van der Waals surface area contributed by atoms with Crippen LogP contribution in [0.2, 0.25) is 0 Å². The van der Waals surface area contributed by atoms with Crippen LogP contribution in [0.4, 0.5) is 0 Å². The molecule has 2 rings (SSSR count). The fraction of sp³-hybridized carbons (Fsp3) is 0.500. The monoisotopic (exact) mass is 308 g/mol. The summed E-state index contributed by atoms with van der Waals surface area (Å²) >= 11 is 0. The molecule has 0 saturated carbocycles. The lowest BCUT2D eigenvalue weighted by Crippen LogP contribution is -2.32. The Labute approximate surface area is 128 Å². The van der Waals surface area contributed by atoms with Crippen LogP contribution in [0.25, 0.3) is 0 Å². The van der Waals surface area contributed by atoms with Gasteiger partial charge in [0.15, 0.2) is 12.2 Å². The Morgan fingerprint density at radius 3 is 2.36 bits per heavy atom. The predicted molar refractivity (Wildman–Crippen MR) is 78.8 cm³/mol. The van der Waals surface area contributed by atoms with Crippen molar-refractivity contribution in [2.45, 2.75) is 52.7 Å². The second-order valence-electron chi connectivity index (χ2n) is 5.59. The number of carbonyl (C=O) groups is 2. The van der Waals surface area contributed by atoms with Gasteiger partial charge in [-0.25, -0.2) is 9.59 Å². The van der Waals surface area contributed by atoms with Crippen LogP contribution in [0.15, 0.2) is 0 Å². The summed E-state index contributed by atoms with van der Waals surface area (Å²) in [6.45, 7) is 6.98. The minimum atomic E-state index is -1.03. The lowest BCUT2D eigenvalue weighted by molar-refractivity contribution is -0.146. The molecule has 0 saturated heterocycles. The summed E-state index contributed by atoms with van der Waals surface area (Å²) in [5, 5.41) is 18.1. The Kier molecular flexibility index (Phi) is 4.30. The van der Waals surface area contributed by atoms with Crippen LogP contribution in [0, 0.1) is 20.8 Å². The fourth-order valence-electron chi connectivity index (χ4n) is 2.67. The number of rotatable bonds is 4. The van der Waals surface area contributed by atoms with Gasteiger partial charge in [0.05, 0.1) is 0 Å². The van der Waals surface area contributed by atoms with E-state index in [1.807, 2.05) is 20.8 Å². The molecular weight excluding hydrogens is 288 g/mol. The molecule has 0 aromatic heterocycles. The van der Waals surface area contributed by atoms with Crippen molar-refractivity contribution in [3.8, 4) is 11.5 Å². The molecule has 0 radical (unpaired) electrons. The molecule has 1 unspecified atom stereocenters. The highest BCUT2D eigenvalue weighted by Crippen LogP contribution is 2.41. The van der Waals surface area contributed by atoms with Crippen molar-refractivity contribution in [3.05, 3.63) is 22.3 Å². The zero-order chi connectivity index (χ0) is 16.6. The van der Waals surface area contributed by atoms with Crippen molar-refractivity contribution >= 4 is 11.9 Å². The van der Waals surface area contributed by atoms with Crippen molar-refractivity contribution in [3.63, 3.8) is 0 Å². The molecule has 1 aromatic rings. The number of carboxylic acid groups (broad SMARTS) is 2. The molecule has 6 nitrogen and oxygen atoms in total. The summed E-state index contributed by atoms with van der Waals surface area (Å²) < 4.78 is 11.2. The van der Waals surface area contributed by atoms with E-state index in [4.69, 9.17) is 19.7 Å². The van der Waals surface area contributed by atoms with Gasteiger partial charge in [0.25, 0.3) is 0 Å². The normalized spacial score (nSPS) is 18.1. The van der Waals surface area contributed by atoms with Gasteiger partial charge >= 0.3 is 11.9 Å². The third kappa shape index (κ3) is 2.73. The molecule has 120 valence electrons. The summed E-state index contributed by atoms with van der Waals surface area (Å²) in [4.78, 5) is 22.1. The first-order valence-corrected chi connectivity index (χ1v) is 7.15. The molecule has 6 heteroatoms. The zero-order valence-corrected chi connectivity index (χ0v) is 13.1. The first-order chi connectivity index (χ1) is 10.2. The molecule has 0 bridgehead atoms. The van der Waals surface area contributed by atoms with Crippen molar-refractivity contribution in [2.75, 3.05) is 0 Å². The van der Waals surface area contributed by atoms with Crippen molar-refractivity contribution in [1.82, 2.24) is 0 Å². The highest BCUT2D eigenvalue weighted by molar-refractivity contribution is 5.74. The van der Waals surface area contributed by atoms with Gasteiger partial charge in [-0.3, -0.25) is 0 Å². The van der Waals surface area contributed by atoms with E-state index in [0.717, 1.165) is 22.3 Å². The minimum absolute atomic E-state index is 0.388. The summed E-state index contributed by atoms with van der Waals surface area (Å²) in [5.74, 6) is -0.871. The first-order valence-electron chi connectivity index (χ1n) is 7.15. The van der Waals surface area contributed by atoms with E-state index in [-0.39, 0.29) is 0 Å². The number of ether oxygens (including phenoxy) is 2. The van der Waals surface area contributed by atoms with Gasteiger partial charge in [-0.1, -0.05) is 0 Å². The maximum atomic E-state index is 11.1. The van der Waals surface area contributed by atoms with E-state index in [1.54, 1.807) is 0 Å². The highest BCUT2D eigenvalue weighted by atomic mass is 16.5. The summed E-state index contributed by atoms with van der Waals surface area (Å²) in [6.07, 6.45) is -0.836. The zero-order valence-electron chi connectivity index (χ0n) is 13.1. The largest absolute Gasteiger partial charge is 0.479 e. The number of aliphatic carboxylic acids is 2. The Bertz CT molecular complexity index is 634. The van der Waals surface area contributed by atoms with Gasteiger partial charge in [-0.05, 0) is 57.2 Å². The van der Waals surface area contributed by atoms with Gasteiger partial charge in [0.2, 0.25) is 0 Å². The summed E-state index contributed by atoms with van der Waals surface area (Å²) in [5.41, 5.74) is 3.28. The fourth-order valence-corrected chi connectivity index (χ4v) is 2.67. The lowest BCUT2D eigenvalue weighted by Gasteiger charge is -2.29. The molecule has 1 heterocycles. The molecule has 22 heavy (non-hydrogen) atoms.